The molecule has 1 atom stereocenters. The smallest absolute Gasteiger partial charge is 0.286 e. The van der Waals surface area contributed by atoms with Gasteiger partial charge < -0.3 is 20.0 Å². The highest BCUT2D eigenvalue weighted by atomic mass is 32.2. The minimum absolute atomic E-state index is 0.112. The molecular formula is C28H41N5O4S. The van der Waals surface area contributed by atoms with Crippen LogP contribution in [0.25, 0.3) is 0 Å². The van der Waals surface area contributed by atoms with Crippen molar-refractivity contribution in [2.24, 2.45) is 5.92 Å². The second-order valence-corrected chi connectivity index (χ2v) is 12.6. The first-order valence-electron chi connectivity index (χ1n) is 13.4. The minimum Gasteiger partial charge on any atom is -0.408 e. The van der Waals surface area contributed by atoms with E-state index in [1.807, 2.05) is 64.9 Å². The summed E-state index contributed by atoms with van der Waals surface area (Å²) < 4.78 is 5.60. The maximum absolute atomic E-state index is 13.8. The molecule has 2 amide bonds. The number of Topliss-reactive ketones (excluding diaryl/α,β-unsaturated/α-hetero) is 1. The van der Waals surface area contributed by atoms with E-state index in [2.05, 4.69) is 20.8 Å². The molecule has 1 unspecified atom stereocenters. The van der Waals surface area contributed by atoms with E-state index >= 15 is 0 Å². The number of thioether (sulfide) groups is 1. The van der Waals surface area contributed by atoms with Crippen LogP contribution in [0.4, 0.5) is 0 Å². The third-order valence-corrected chi connectivity index (χ3v) is 7.30. The molecule has 1 saturated carbocycles. The molecule has 1 fully saturated rings. The third-order valence-electron chi connectivity index (χ3n) is 6.47. The average Bonchev–Trinajstić information content (AvgIpc) is 3.31. The molecule has 2 N–H and O–H groups in total. The zero-order valence-corrected chi connectivity index (χ0v) is 24.2. The molecule has 1 aliphatic rings. The summed E-state index contributed by atoms with van der Waals surface area (Å²) in [5, 5.41) is 14.5. The van der Waals surface area contributed by atoms with Crippen molar-refractivity contribution in [1.29, 1.82) is 0 Å². The number of carbonyl (C=O) groups is 3. The van der Waals surface area contributed by atoms with Crippen LogP contribution in [-0.4, -0.2) is 63.6 Å². The number of benzene rings is 1. The van der Waals surface area contributed by atoms with E-state index in [0.29, 0.717) is 36.6 Å². The molecule has 0 spiro atoms. The van der Waals surface area contributed by atoms with Crippen molar-refractivity contribution in [1.82, 2.24) is 25.7 Å². The van der Waals surface area contributed by atoms with Crippen LogP contribution in [0.1, 0.15) is 92.8 Å². The molecule has 0 radical (unpaired) electrons. The Morgan fingerprint density at radius 1 is 1.08 bits per heavy atom. The van der Waals surface area contributed by atoms with Gasteiger partial charge in [0.05, 0.1) is 6.04 Å². The number of ketones is 1. The highest BCUT2D eigenvalue weighted by Crippen LogP contribution is 2.30. The summed E-state index contributed by atoms with van der Waals surface area (Å²) in [6, 6.07) is 6.62. The van der Waals surface area contributed by atoms with Crippen molar-refractivity contribution in [2.75, 3.05) is 14.1 Å². The second-order valence-electron chi connectivity index (χ2n) is 11.1. The zero-order valence-electron chi connectivity index (χ0n) is 23.4. The van der Waals surface area contributed by atoms with Crippen molar-refractivity contribution < 1.29 is 18.8 Å². The third kappa shape index (κ3) is 8.14. The highest BCUT2D eigenvalue weighted by Gasteiger charge is 2.43. The van der Waals surface area contributed by atoms with Crippen LogP contribution in [0.3, 0.4) is 0 Å². The number of nitrogens with zero attached hydrogens (tertiary/aromatic N) is 3. The fraction of sp³-hybridized carbons (Fsp3) is 0.607. The van der Waals surface area contributed by atoms with Crippen molar-refractivity contribution in [3.63, 3.8) is 0 Å². The van der Waals surface area contributed by atoms with Gasteiger partial charge >= 0.3 is 0 Å². The van der Waals surface area contributed by atoms with Crippen molar-refractivity contribution in [2.45, 2.75) is 94.8 Å². The number of hydrogen-bond acceptors (Lipinski definition) is 8. The first kappa shape index (κ1) is 29.8. The van der Waals surface area contributed by atoms with Crippen LogP contribution in [0.15, 0.2) is 33.9 Å². The molecule has 0 aliphatic heterocycles. The van der Waals surface area contributed by atoms with Crippen LogP contribution in [0, 0.1) is 5.92 Å². The number of carbonyl (C=O) groups excluding carboxylic acids is 3. The molecule has 10 heteroatoms. The van der Waals surface area contributed by atoms with Crippen molar-refractivity contribution in [3.8, 4) is 0 Å². The van der Waals surface area contributed by atoms with Gasteiger partial charge in [-0.05, 0) is 57.0 Å². The van der Waals surface area contributed by atoms with E-state index in [-0.39, 0.29) is 28.9 Å². The predicted molar refractivity (Wildman–Crippen MR) is 148 cm³/mol. The Morgan fingerprint density at radius 3 is 2.42 bits per heavy atom. The number of aromatic nitrogens is 2. The Bertz CT molecular complexity index is 1110. The van der Waals surface area contributed by atoms with Crippen molar-refractivity contribution >= 4 is 29.4 Å². The van der Waals surface area contributed by atoms with Crippen LogP contribution >= 0.6 is 11.8 Å². The molecule has 0 saturated heterocycles. The molecule has 9 nitrogen and oxygen atoms in total. The summed E-state index contributed by atoms with van der Waals surface area (Å²) in [5.74, 6) is -1.03. The summed E-state index contributed by atoms with van der Waals surface area (Å²) in [7, 11) is 3.95. The summed E-state index contributed by atoms with van der Waals surface area (Å²) >= 11 is 1.38. The van der Waals surface area contributed by atoms with Gasteiger partial charge in [-0.15, -0.1) is 10.2 Å². The van der Waals surface area contributed by atoms with Crippen LogP contribution < -0.4 is 10.6 Å². The lowest BCUT2D eigenvalue weighted by atomic mass is 9.80. The summed E-state index contributed by atoms with van der Waals surface area (Å²) in [4.78, 5) is 42.6. The molecular weight excluding hydrogens is 502 g/mol. The molecule has 1 aromatic heterocycles. The maximum Gasteiger partial charge on any atom is 0.286 e. The molecule has 3 rings (SSSR count). The predicted octanol–water partition coefficient (Wildman–Crippen LogP) is 4.48. The summed E-state index contributed by atoms with van der Waals surface area (Å²) in [6.07, 6.45) is 4.07. The Hall–Kier alpha value is -2.72. The normalized spacial score (nSPS) is 16.0. The van der Waals surface area contributed by atoms with E-state index in [9.17, 15) is 14.4 Å². The van der Waals surface area contributed by atoms with E-state index in [1.54, 1.807) is 6.07 Å². The summed E-state index contributed by atoms with van der Waals surface area (Å²) in [6.45, 7) is 8.67. The number of nitrogens with one attached hydrogen (secondary N) is 2. The average molecular weight is 544 g/mol. The lowest BCUT2D eigenvalue weighted by molar-refractivity contribution is -0.129. The monoisotopic (exact) mass is 543 g/mol. The standard InChI is InChI=1S/C28H41N5O4S/c1-18(2)15-22(23(34)25-31-32-27(37-25)38-19(3)4)29-26(36)28(13-8-7-9-14-28)30-24(35)21-12-10-11-20(16-21)17-33(5)6/h10-12,16,18-19,22H,7-9,13-15,17H2,1-6H3,(H,29,36)(H,30,35). The first-order valence-corrected chi connectivity index (χ1v) is 14.3. The van der Waals surface area contributed by atoms with Gasteiger partial charge in [-0.25, -0.2) is 0 Å². The maximum atomic E-state index is 13.8. The Morgan fingerprint density at radius 2 is 1.79 bits per heavy atom. The molecule has 1 aliphatic carbocycles. The van der Waals surface area contributed by atoms with Gasteiger partial charge in [-0.3, -0.25) is 14.4 Å². The molecule has 2 aromatic rings. The fourth-order valence-electron chi connectivity index (χ4n) is 4.74. The zero-order chi connectivity index (χ0) is 27.9. The van der Waals surface area contributed by atoms with E-state index in [4.69, 9.17) is 4.42 Å². The lowest BCUT2D eigenvalue weighted by Gasteiger charge is -2.37. The van der Waals surface area contributed by atoms with Gasteiger partial charge in [0.25, 0.3) is 17.0 Å². The Balaban J connectivity index is 1.81. The van der Waals surface area contributed by atoms with Gasteiger partial charge in [0.1, 0.15) is 5.54 Å². The second kappa shape index (κ2) is 13.4. The molecule has 38 heavy (non-hydrogen) atoms. The topological polar surface area (TPSA) is 117 Å². The Labute approximate surface area is 229 Å². The minimum atomic E-state index is -1.09. The largest absolute Gasteiger partial charge is 0.408 e. The van der Waals surface area contributed by atoms with E-state index < -0.39 is 17.4 Å². The van der Waals surface area contributed by atoms with Gasteiger partial charge in [0, 0.05) is 17.4 Å². The fourth-order valence-corrected chi connectivity index (χ4v) is 5.35. The first-order chi connectivity index (χ1) is 18.0. The SMILES string of the molecule is CC(C)CC(NC(=O)C1(NC(=O)c2cccc(CN(C)C)c2)CCCCC1)C(=O)c1nnc(SC(C)C)o1. The van der Waals surface area contributed by atoms with Crippen LogP contribution in [-0.2, 0) is 11.3 Å². The highest BCUT2D eigenvalue weighted by molar-refractivity contribution is 7.99. The molecule has 1 heterocycles. The van der Waals surface area contributed by atoms with Crippen LogP contribution in [0.5, 0.6) is 0 Å². The van der Waals surface area contributed by atoms with Gasteiger partial charge in [-0.1, -0.05) is 70.9 Å². The number of amides is 2. The van der Waals surface area contributed by atoms with Gasteiger partial charge in [-0.2, -0.15) is 0 Å². The number of rotatable bonds is 12. The quantitative estimate of drug-likeness (QED) is 0.297. The summed E-state index contributed by atoms with van der Waals surface area (Å²) in [5.41, 5.74) is 0.440. The van der Waals surface area contributed by atoms with E-state index in [1.165, 1.54) is 11.8 Å². The molecule has 208 valence electrons. The lowest BCUT2D eigenvalue weighted by Crippen LogP contribution is -2.62. The number of hydrogen-bond donors (Lipinski definition) is 2. The molecule has 1 aromatic carbocycles. The molecule has 0 bridgehead atoms. The van der Waals surface area contributed by atoms with E-state index in [0.717, 1.165) is 24.8 Å². The van der Waals surface area contributed by atoms with Crippen LogP contribution in [0.2, 0.25) is 0 Å². The Kier molecular flexibility index (Phi) is 10.5. The van der Waals surface area contributed by atoms with Crippen molar-refractivity contribution in [3.05, 3.63) is 41.3 Å². The van der Waals surface area contributed by atoms with Gasteiger partial charge in [0.15, 0.2) is 0 Å². The van der Waals surface area contributed by atoms with Gasteiger partial charge in [0.2, 0.25) is 11.7 Å².